The Hall–Kier alpha value is -1.77. The van der Waals surface area contributed by atoms with E-state index in [0.29, 0.717) is 5.75 Å². The van der Waals surface area contributed by atoms with Crippen LogP contribution in [0.15, 0.2) is 0 Å². The maximum absolute atomic E-state index is 11.4. The van der Waals surface area contributed by atoms with Gasteiger partial charge >= 0.3 is 23.9 Å². The molecule has 0 amide bonds. The van der Waals surface area contributed by atoms with Crippen molar-refractivity contribution in [2.75, 3.05) is 12.4 Å². The predicted molar refractivity (Wildman–Crippen MR) is 79.5 cm³/mol. The van der Waals surface area contributed by atoms with E-state index in [4.69, 9.17) is 18.9 Å². The third-order valence-electron chi connectivity index (χ3n) is 2.90. The van der Waals surface area contributed by atoms with Gasteiger partial charge in [-0.05, 0) is 0 Å². The van der Waals surface area contributed by atoms with Crippen molar-refractivity contribution in [3.8, 4) is 0 Å². The van der Waals surface area contributed by atoms with E-state index in [2.05, 4.69) is 0 Å². The van der Waals surface area contributed by atoms with Gasteiger partial charge < -0.3 is 18.9 Å². The maximum atomic E-state index is 11.4. The highest BCUT2D eigenvalue weighted by molar-refractivity contribution is 8.00. The van der Waals surface area contributed by atoms with Gasteiger partial charge in [0.15, 0.2) is 18.3 Å². The molecule has 130 valence electrons. The summed E-state index contributed by atoms with van der Waals surface area (Å²) in [5, 5.41) is -0.432. The van der Waals surface area contributed by atoms with Crippen LogP contribution in [-0.2, 0) is 38.1 Å². The maximum Gasteiger partial charge on any atom is 0.303 e. The van der Waals surface area contributed by atoms with Crippen molar-refractivity contribution in [3.05, 3.63) is 0 Å². The summed E-state index contributed by atoms with van der Waals surface area (Å²) < 4.78 is 20.6. The van der Waals surface area contributed by atoms with Crippen molar-refractivity contribution in [1.29, 1.82) is 0 Å². The lowest BCUT2D eigenvalue weighted by atomic mass is 10.0. The monoisotopic (exact) mass is 348 g/mol. The van der Waals surface area contributed by atoms with E-state index < -0.39 is 47.4 Å². The van der Waals surface area contributed by atoms with Gasteiger partial charge in [-0.15, -0.1) is 11.8 Å². The topological polar surface area (TPSA) is 105 Å². The standard InChI is InChI=1S/C14H20O8S/c1-7(15)19-5-12-14(22-10(4)18)13(21-9(3)17)11(6-23-12)20-8(2)16/h11-14H,5-6H2,1-4H3/t11-,12+,13+,14+/m0/s1. The first-order valence-corrected chi connectivity index (χ1v) is 8.02. The van der Waals surface area contributed by atoms with E-state index >= 15 is 0 Å². The Bertz CT molecular complexity index is 477. The van der Waals surface area contributed by atoms with E-state index in [-0.39, 0.29) is 6.61 Å². The molecule has 1 aliphatic rings. The molecular weight excluding hydrogens is 328 g/mol. The Morgan fingerprint density at radius 2 is 1.35 bits per heavy atom. The summed E-state index contributed by atoms with van der Waals surface area (Å²) in [6.07, 6.45) is -2.60. The zero-order valence-electron chi connectivity index (χ0n) is 13.4. The smallest absolute Gasteiger partial charge is 0.303 e. The summed E-state index contributed by atoms with van der Waals surface area (Å²) in [6.45, 7) is 4.91. The largest absolute Gasteiger partial charge is 0.465 e. The molecule has 0 aromatic carbocycles. The molecule has 1 fully saturated rings. The molecule has 4 atom stereocenters. The van der Waals surface area contributed by atoms with Crippen LogP contribution in [0.5, 0.6) is 0 Å². The van der Waals surface area contributed by atoms with E-state index in [0.717, 1.165) is 0 Å². The lowest BCUT2D eigenvalue weighted by molar-refractivity contribution is -0.183. The summed E-state index contributed by atoms with van der Waals surface area (Å²) in [6, 6.07) is 0. The van der Waals surface area contributed by atoms with Crippen molar-refractivity contribution in [2.24, 2.45) is 0 Å². The number of esters is 4. The fraction of sp³-hybridized carbons (Fsp3) is 0.714. The number of hydrogen-bond acceptors (Lipinski definition) is 9. The minimum Gasteiger partial charge on any atom is -0.465 e. The minimum absolute atomic E-state index is 0.0114. The molecule has 0 saturated carbocycles. The molecular formula is C14H20O8S. The van der Waals surface area contributed by atoms with Gasteiger partial charge in [0.1, 0.15) is 6.61 Å². The minimum atomic E-state index is -0.956. The Balaban J connectivity index is 2.98. The van der Waals surface area contributed by atoms with Gasteiger partial charge in [-0.2, -0.15) is 0 Å². The molecule has 8 nitrogen and oxygen atoms in total. The molecule has 0 radical (unpaired) electrons. The lowest BCUT2D eigenvalue weighted by Gasteiger charge is -2.39. The number of ether oxygens (including phenoxy) is 4. The molecule has 1 saturated heterocycles. The van der Waals surface area contributed by atoms with Gasteiger partial charge in [-0.25, -0.2) is 0 Å². The van der Waals surface area contributed by atoms with Crippen LogP contribution < -0.4 is 0 Å². The SMILES string of the molecule is CC(=O)OC[C@H]1SC[C@H](OC(C)=O)[C@@H](OC(C)=O)[C@@H]1OC(C)=O. The highest BCUT2D eigenvalue weighted by atomic mass is 32.2. The summed E-state index contributed by atoms with van der Waals surface area (Å²) in [5.41, 5.74) is 0. The Labute approximate surface area is 138 Å². The van der Waals surface area contributed by atoms with Crippen LogP contribution in [0.25, 0.3) is 0 Å². The summed E-state index contributed by atoms with van der Waals surface area (Å²) in [4.78, 5) is 44.9. The van der Waals surface area contributed by atoms with Crippen molar-refractivity contribution in [2.45, 2.75) is 51.3 Å². The van der Waals surface area contributed by atoms with Crippen molar-refractivity contribution >= 4 is 35.6 Å². The molecule has 1 rings (SSSR count). The van der Waals surface area contributed by atoms with Gasteiger partial charge in [0.2, 0.25) is 0 Å². The first-order chi connectivity index (χ1) is 10.7. The summed E-state index contributed by atoms with van der Waals surface area (Å²) in [5.74, 6) is -1.86. The fourth-order valence-electron chi connectivity index (χ4n) is 2.16. The molecule has 1 heterocycles. The average Bonchev–Trinajstić information content (AvgIpc) is 2.39. The molecule has 0 N–H and O–H groups in total. The van der Waals surface area contributed by atoms with Crippen LogP contribution in [0.4, 0.5) is 0 Å². The third-order valence-corrected chi connectivity index (χ3v) is 4.26. The number of rotatable bonds is 5. The second-order valence-corrected chi connectivity index (χ2v) is 6.24. The van der Waals surface area contributed by atoms with Gasteiger partial charge in [0, 0.05) is 33.4 Å². The van der Waals surface area contributed by atoms with Crippen molar-refractivity contribution < 1.29 is 38.1 Å². The first-order valence-electron chi connectivity index (χ1n) is 6.97. The van der Waals surface area contributed by atoms with Crippen LogP contribution in [-0.4, -0.2) is 59.8 Å². The molecule has 0 bridgehead atoms. The van der Waals surface area contributed by atoms with Crippen LogP contribution in [0.3, 0.4) is 0 Å². The highest BCUT2D eigenvalue weighted by Gasteiger charge is 2.46. The zero-order chi connectivity index (χ0) is 17.6. The second-order valence-electron chi connectivity index (χ2n) is 4.97. The van der Waals surface area contributed by atoms with E-state index in [1.165, 1.54) is 39.5 Å². The fourth-order valence-corrected chi connectivity index (χ4v) is 3.42. The Morgan fingerprint density at radius 1 is 0.826 bits per heavy atom. The van der Waals surface area contributed by atoms with Gasteiger partial charge in [0.25, 0.3) is 0 Å². The number of hydrogen-bond donors (Lipinski definition) is 0. The van der Waals surface area contributed by atoms with Crippen molar-refractivity contribution in [1.82, 2.24) is 0 Å². The third kappa shape index (κ3) is 6.47. The van der Waals surface area contributed by atoms with Gasteiger partial charge in [-0.3, -0.25) is 19.2 Å². The van der Waals surface area contributed by atoms with Crippen LogP contribution in [0.2, 0.25) is 0 Å². The van der Waals surface area contributed by atoms with Crippen molar-refractivity contribution in [3.63, 3.8) is 0 Å². The van der Waals surface area contributed by atoms with E-state index in [9.17, 15) is 19.2 Å². The second kappa shape index (κ2) is 8.76. The van der Waals surface area contributed by atoms with Crippen LogP contribution in [0, 0.1) is 0 Å². The predicted octanol–water partition coefficient (Wildman–Crippen LogP) is 0.460. The van der Waals surface area contributed by atoms with Gasteiger partial charge in [-0.1, -0.05) is 0 Å². The normalized spacial score (nSPS) is 26.8. The summed E-state index contributed by atoms with van der Waals surface area (Å²) >= 11 is 1.31. The highest BCUT2D eigenvalue weighted by Crippen LogP contribution is 2.32. The number of thioether (sulfide) groups is 1. The number of carbonyl (C=O) groups is 4. The molecule has 23 heavy (non-hydrogen) atoms. The quantitative estimate of drug-likeness (QED) is 0.517. The molecule has 1 aliphatic heterocycles. The lowest BCUT2D eigenvalue weighted by Crippen LogP contribution is -2.55. The van der Waals surface area contributed by atoms with E-state index in [1.807, 2.05) is 0 Å². The van der Waals surface area contributed by atoms with Crippen LogP contribution in [0.1, 0.15) is 27.7 Å². The average molecular weight is 348 g/mol. The Kier molecular flexibility index (Phi) is 7.34. The number of carbonyl (C=O) groups excluding carboxylic acids is 4. The van der Waals surface area contributed by atoms with Crippen LogP contribution >= 0.6 is 11.8 Å². The first kappa shape index (κ1) is 19.3. The molecule has 9 heteroatoms. The molecule has 0 aromatic rings. The molecule has 0 aliphatic carbocycles. The zero-order valence-corrected chi connectivity index (χ0v) is 14.2. The van der Waals surface area contributed by atoms with E-state index in [1.54, 1.807) is 0 Å². The molecule has 0 aromatic heterocycles. The molecule has 0 spiro atoms. The van der Waals surface area contributed by atoms with Gasteiger partial charge in [0.05, 0.1) is 5.25 Å². The summed E-state index contributed by atoms with van der Waals surface area (Å²) in [7, 11) is 0. The molecule has 0 unspecified atom stereocenters. The Morgan fingerprint density at radius 3 is 1.83 bits per heavy atom.